The Morgan fingerprint density at radius 1 is 0.958 bits per heavy atom. The van der Waals surface area contributed by atoms with Gasteiger partial charge in [0.1, 0.15) is 6.10 Å². The first-order valence-electron chi connectivity index (χ1n) is 8.44. The van der Waals surface area contributed by atoms with Crippen LogP contribution in [-0.4, -0.2) is 31.0 Å². The maximum atomic E-state index is 10.6. The number of hydrogen-bond donors (Lipinski definition) is 3. The Bertz CT molecular complexity index is 696. The third-order valence-corrected chi connectivity index (χ3v) is 4.65. The highest BCUT2D eigenvalue weighted by atomic mass is 16.7. The molecule has 5 nitrogen and oxygen atoms in total. The standard InChI is InChI=1S/C19H22N2O3/c22-19(14-3-6-17-18(11-14)24-12-23-17)13-1-4-15(5-2-13)21-16-7-9-20-10-8-16/h1-6,11,16,19-22H,7-10,12H2. The van der Waals surface area contributed by atoms with Crippen LogP contribution in [0.3, 0.4) is 0 Å². The molecule has 0 aliphatic carbocycles. The molecule has 126 valence electrons. The van der Waals surface area contributed by atoms with E-state index in [0.717, 1.165) is 48.5 Å². The van der Waals surface area contributed by atoms with Gasteiger partial charge in [-0.25, -0.2) is 0 Å². The minimum absolute atomic E-state index is 0.242. The lowest BCUT2D eigenvalue weighted by Gasteiger charge is -2.25. The summed E-state index contributed by atoms with van der Waals surface area (Å²) in [6.07, 6.45) is 1.61. The zero-order valence-electron chi connectivity index (χ0n) is 13.5. The first kappa shape index (κ1) is 15.3. The van der Waals surface area contributed by atoms with E-state index >= 15 is 0 Å². The highest BCUT2D eigenvalue weighted by Crippen LogP contribution is 2.35. The summed E-state index contributed by atoms with van der Waals surface area (Å²) in [4.78, 5) is 0. The molecular weight excluding hydrogens is 304 g/mol. The SMILES string of the molecule is OC(c1ccc(NC2CCNCC2)cc1)c1ccc2c(c1)OCO2. The van der Waals surface area contributed by atoms with Crippen molar-refractivity contribution in [2.75, 3.05) is 25.2 Å². The Balaban J connectivity index is 1.45. The van der Waals surface area contributed by atoms with Crippen molar-refractivity contribution >= 4 is 5.69 Å². The highest BCUT2D eigenvalue weighted by Gasteiger charge is 2.18. The summed E-state index contributed by atoms with van der Waals surface area (Å²) in [5.74, 6) is 1.42. The third-order valence-electron chi connectivity index (χ3n) is 4.65. The lowest BCUT2D eigenvalue weighted by Crippen LogP contribution is -2.35. The second-order valence-electron chi connectivity index (χ2n) is 6.31. The maximum Gasteiger partial charge on any atom is 0.231 e. The number of aliphatic hydroxyl groups is 1. The number of fused-ring (bicyclic) bond motifs is 1. The summed E-state index contributed by atoms with van der Waals surface area (Å²) >= 11 is 0. The summed E-state index contributed by atoms with van der Waals surface area (Å²) in [6, 6.07) is 14.1. The van der Waals surface area contributed by atoms with Gasteiger partial charge in [0.25, 0.3) is 0 Å². The molecule has 1 fully saturated rings. The Kier molecular flexibility index (Phi) is 4.28. The average molecular weight is 326 g/mol. The van der Waals surface area contributed by atoms with Crippen molar-refractivity contribution in [1.29, 1.82) is 0 Å². The van der Waals surface area contributed by atoms with Gasteiger partial charge >= 0.3 is 0 Å². The van der Waals surface area contributed by atoms with E-state index in [1.807, 2.05) is 42.5 Å². The second-order valence-corrected chi connectivity index (χ2v) is 6.31. The van der Waals surface area contributed by atoms with Crippen molar-refractivity contribution in [3.05, 3.63) is 53.6 Å². The number of nitrogens with one attached hydrogen (secondary N) is 2. The average Bonchev–Trinajstić information content (AvgIpc) is 3.10. The molecular formula is C19H22N2O3. The third kappa shape index (κ3) is 3.18. The van der Waals surface area contributed by atoms with Crippen molar-refractivity contribution in [1.82, 2.24) is 5.32 Å². The van der Waals surface area contributed by atoms with Crippen LogP contribution in [0.15, 0.2) is 42.5 Å². The van der Waals surface area contributed by atoms with Gasteiger partial charge in [0, 0.05) is 11.7 Å². The van der Waals surface area contributed by atoms with Gasteiger partial charge in [-0.05, 0) is 61.3 Å². The predicted molar refractivity (Wildman–Crippen MR) is 92.6 cm³/mol. The molecule has 2 aromatic carbocycles. The molecule has 1 atom stereocenters. The molecule has 2 aliphatic rings. The van der Waals surface area contributed by atoms with Crippen LogP contribution < -0.4 is 20.1 Å². The van der Waals surface area contributed by atoms with Crippen LogP contribution in [-0.2, 0) is 0 Å². The first-order chi connectivity index (χ1) is 11.8. The number of hydrogen-bond acceptors (Lipinski definition) is 5. The van der Waals surface area contributed by atoms with E-state index in [1.54, 1.807) is 0 Å². The summed E-state index contributed by atoms with van der Waals surface area (Å²) < 4.78 is 10.7. The van der Waals surface area contributed by atoms with E-state index in [1.165, 1.54) is 0 Å². The minimum atomic E-state index is -0.674. The van der Waals surface area contributed by atoms with E-state index in [0.29, 0.717) is 11.8 Å². The summed E-state index contributed by atoms with van der Waals surface area (Å²) in [5, 5.41) is 17.5. The normalized spacial score (nSPS) is 18.4. The molecule has 0 amide bonds. The van der Waals surface area contributed by atoms with Gasteiger partial charge in [0.15, 0.2) is 11.5 Å². The van der Waals surface area contributed by atoms with Gasteiger partial charge in [-0.3, -0.25) is 0 Å². The highest BCUT2D eigenvalue weighted by molar-refractivity contribution is 5.49. The van der Waals surface area contributed by atoms with Gasteiger partial charge in [0.2, 0.25) is 6.79 Å². The van der Waals surface area contributed by atoms with Crippen molar-refractivity contribution in [2.24, 2.45) is 0 Å². The molecule has 0 radical (unpaired) electrons. The Morgan fingerprint density at radius 2 is 1.67 bits per heavy atom. The fourth-order valence-electron chi connectivity index (χ4n) is 3.24. The molecule has 1 saturated heterocycles. The van der Waals surface area contributed by atoms with Crippen LogP contribution in [0.25, 0.3) is 0 Å². The Hall–Kier alpha value is -2.24. The lowest BCUT2D eigenvalue weighted by molar-refractivity contribution is 0.173. The number of piperidine rings is 1. The van der Waals surface area contributed by atoms with Gasteiger partial charge in [-0.15, -0.1) is 0 Å². The van der Waals surface area contributed by atoms with E-state index in [4.69, 9.17) is 9.47 Å². The summed E-state index contributed by atoms with van der Waals surface area (Å²) in [5.41, 5.74) is 2.77. The number of aliphatic hydroxyl groups excluding tert-OH is 1. The monoisotopic (exact) mass is 326 g/mol. The van der Waals surface area contributed by atoms with E-state index in [-0.39, 0.29) is 6.79 Å². The molecule has 4 rings (SSSR count). The predicted octanol–water partition coefficient (Wildman–Crippen LogP) is 2.66. The number of anilines is 1. The quantitative estimate of drug-likeness (QED) is 0.806. The molecule has 0 bridgehead atoms. The van der Waals surface area contributed by atoms with Crippen molar-refractivity contribution < 1.29 is 14.6 Å². The molecule has 0 spiro atoms. The van der Waals surface area contributed by atoms with Crippen LogP contribution in [0.1, 0.15) is 30.1 Å². The first-order valence-corrected chi connectivity index (χ1v) is 8.44. The lowest BCUT2D eigenvalue weighted by atomic mass is 10.0. The van der Waals surface area contributed by atoms with Crippen LogP contribution in [0.4, 0.5) is 5.69 Å². The molecule has 24 heavy (non-hydrogen) atoms. The zero-order chi connectivity index (χ0) is 16.4. The molecule has 5 heteroatoms. The number of rotatable bonds is 4. The fraction of sp³-hybridized carbons (Fsp3) is 0.368. The zero-order valence-corrected chi connectivity index (χ0v) is 13.5. The van der Waals surface area contributed by atoms with E-state index in [9.17, 15) is 5.11 Å². The van der Waals surface area contributed by atoms with Crippen molar-refractivity contribution in [2.45, 2.75) is 25.0 Å². The Morgan fingerprint density at radius 3 is 2.46 bits per heavy atom. The van der Waals surface area contributed by atoms with Gasteiger partial charge in [-0.1, -0.05) is 18.2 Å². The molecule has 3 N–H and O–H groups in total. The number of ether oxygens (including phenoxy) is 2. The van der Waals surface area contributed by atoms with Gasteiger partial charge in [-0.2, -0.15) is 0 Å². The van der Waals surface area contributed by atoms with Crippen LogP contribution in [0, 0.1) is 0 Å². The molecule has 0 saturated carbocycles. The van der Waals surface area contributed by atoms with Crippen molar-refractivity contribution in [3.8, 4) is 11.5 Å². The van der Waals surface area contributed by atoms with E-state index < -0.39 is 6.10 Å². The largest absolute Gasteiger partial charge is 0.454 e. The van der Waals surface area contributed by atoms with Gasteiger partial charge in [0.05, 0.1) is 0 Å². The molecule has 2 aliphatic heterocycles. The van der Waals surface area contributed by atoms with Crippen LogP contribution in [0.5, 0.6) is 11.5 Å². The molecule has 2 heterocycles. The summed E-state index contributed by atoms with van der Waals surface area (Å²) in [6.45, 7) is 2.38. The Labute approximate surface area is 141 Å². The second kappa shape index (κ2) is 6.71. The minimum Gasteiger partial charge on any atom is -0.454 e. The smallest absolute Gasteiger partial charge is 0.231 e. The fourth-order valence-corrected chi connectivity index (χ4v) is 3.24. The maximum absolute atomic E-state index is 10.6. The molecule has 0 aromatic heterocycles. The topological polar surface area (TPSA) is 62.8 Å². The van der Waals surface area contributed by atoms with Crippen LogP contribution in [0.2, 0.25) is 0 Å². The van der Waals surface area contributed by atoms with Crippen molar-refractivity contribution in [3.63, 3.8) is 0 Å². The van der Waals surface area contributed by atoms with Crippen LogP contribution >= 0.6 is 0 Å². The summed E-state index contributed by atoms with van der Waals surface area (Å²) in [7, 11) is 0. The van der Waals surface area contributed by atoms with E-state index in [2.05, 4.69) is 10.6 Å². The number of benzene rings is 2. The molecule has 1 unspecified atom stereocenters. The molecule has 2 aromatic rings. The van der Waals surface area contributed by atoms with Gasteiger partial charge < -0.3 is 25.2 Å².